The van der Waals surface area contributed by atoms with Gasteiger partial charge in [-0.3, -0.25) is 0 Å². The van der Waals surface area contributed by atoms with Crippen molar-refractivity contribution < 1.29 is 0 Å². The molecule has 0 spiro atoms. The lowest BCUT2D eigenvalue weighted by Crippen LogP contribution is -1.90. The first-order valence-corrected chi connectivity index (χ1v) is 6.36. The molecule has 0 aliphatic carbocycles. The smallest absolute Gasteiger partial charge is 0.223 e. The molecule has 2 N–H and O–H groups in total. The Bertz CT molecular complexity index is 521. The number of anilines is 1. The molecule has 0 radical (unpaired) electrons. The van der Waals surface area contributed by atoms with Crippen LogP contribution in [0.4, 0.5) is 5.69 Å². The molecule has 1 heterocycles. The van der Waals surface area contributed by atoms with E-state index in [2.05, 4.69) is 25.9 Å². The molecule has 0 fully saturated rings. The lowest BCUT2D eigenvalue weighted by molar-refractivity contribution is 1.03. The van der Waals surface area contributed by atoms with Crippen molar-refractivity contribution in [3.63, 3.8) is 0 Å². The Hall–Kier alpha value is -0.780. The molecule has 1 aromatic heterocycles. The lowest BCUT2D eigenvalue weighted by atomic mass is 10.3. The van der Waals surface area contributed by atoms with E-state index < -0.39 is 0 Å². The predicted octanol–water partition coefficient (Wildman–Crippen LogP) is 3.63. The zero-order valence-corrected chi connectivity index (χ0v) is 11.2. The van der Waals surface area contributed by atoms with Crippen molar-refractivity contribution in [1.82, 2.24) is 9.97 Å². The molecule has 0 saturated carbocycles. The Labute approximate surface area is 111 Å². The number of rotatable bonds is 2. The Balaban J connectivity index is 2.34. The van der Waals surface area contributed by atoms with Gasteiger partial charge in [-0.15, -0.1) is 0 Å². The highest BCUT2D eigenvalue weighted by Crippen LogP contribution is 2.34. The fourth-order valence-electron chi connectivity index (χ4n) is 1.08. The van der Waals surface area contributed by atoms with Crippen LogP contribution in [0.5, 0.6) is 0 Å². The van der Waals surface area contributed by atoms with Gasteiger partial charge in [-0.25, -0.2) is 9.97 Å². The maximum atomic E-state index is 5.84. The quantitative estimate of drug-likeness (QED) is 0.522. The number of nitrogens with zero attached hydrogens (tertiary/aromatic N) is 2. The van der Waals surface area contributed by atoms with Crippen molar-refractivity contribution in [3.05, 3.63) is 40.2 Å². The van der Waals surface area contributed by atoms with E-state index in [1.165, 1.54) is 11.8 Å². The van der Waals surface area contributed by atoms with E-state index in [4.69, 9.17) is 17.3 Å². The molecule has 16 heavy (non-hydrogen) atoms. The molecular formula is C10H7BrClN3S. The van der Waals surface area contributed by atoms with Crippen LogP contribution in [0.15, 0.2) is 44.9 Å². The number of aromatic nitrogens is 2. The predicted molar refractivity (Wildman–Crippen MR) is 69.7 cm³/mol. The second-order valence-corrected chi connectivity index (χ2v) is 5.16. The van der Waals surface area contributed by atoms with E-state index in [-0.39, 0.29) is 5.28 Å². The zero-order chi connectivity index (χ0) is 11.5. The van der Waals surface area contributed by atoms with Gasteiger partial charge in [0.2, 0.25) is 5.28 Å². The van der Waals surface area contributed by atoms with Crippen LogP contribution in [0.3, 0.4) is 0 Å². The molecule has 3 nitrogen and oxygen atoms in total. The normalized spacial score (nSPS) is 10.4. The summed E-state index contributed by atoms with van der Waals surface area (Å²) in [5.74, 6) is 0. The number of benzene rings is 1. The SMILES string of the molecule is Nc1ccccc1Sc1nc(Cl)ncc1Br. The highest BCUT2D eigenvalue weighted by atomic mass is 79.9. The van der Waals surface area contributed by atoms with Crippen LogP contribution in [0.1, 0.15) is 0 Å². The maximum absolute atomic E-state index is 5.84. The van der Waals surface area contributed by atoms with Crippen LogP contribution in [0, 0.1) is 0 Å². The van der Waals surface area contributed by atoms with Crippen molar-refractivity contribution >= 4 is 45.0 Å². The molecule has 0 aliphatic heterocycles. The second kappa shape index (κ2) is 5.03. The summed E-state index contributed by atoms with van der Waals surface area (Å²) in [4.78, 5) is 8.93. The van der Waals surface area contributed by atoms with Gasteiger partial charge in [-0.2, -0.15) is 0 Å². The highest BCUT2D eigenvalue weighted by molar-refractivity contribution is 9.10. The van der Waals surface area contributed by atoms with Crippen LogP contribution in [-0.2, 0) is 0 Å². The summed E-state index contributed by atoms with van der Waals surface area (Å²) >= 11 is 10.5. The number of para-hydroxylation sites is 1. The van der Waals surface area contributed by atoms with Crippen molar-refractivity contribution in [2.45, 2.75) is 9.92 Å². The minimum absolute atomic E-state index is 0.222. The fourth-order valence-corrected chi connectivity index (χ4v) is 2.52. The van der Waals surface area contributed by atoms with E-state index >= 15 is 0 Å². The Kier molecular flexibility index (Phi) is 3.68. The Morgan fingerprint density at radius 3 is 2.81 bits per heavy atom. The van der Waals surface area contributed by atoms with Crippen molar-refractivity contribution in [3.8, 4) is 0 Å². The molecule has 1 aromatic carbocycles. The molecule has 2 aromatic rings. The van der Waals surface area contributed by atoms with E-state index in [1.807, 2.05) is 24.3 Å². The number of hydrogen-bond donors (Lipinski definition) is 1. The summed E-state index contributed by atoms with van der Waals surface area (Å²) in [7, 11) is 0. The Morgan fingerprint density at radius 2 is 2.06 bits per heavy atom. The standard InChI is InChI=1S/C10H7BrClN3S/c11-6-5-14-10(12)15-9(6)16-8-4-2-1-3-7(8)13/h1-5H,13H2. The maximum Gasteiger partial charge on any atom is 0.223 e. The molecule has 82 valence electrons. The molecule has 0 aliphatic rings. The summed E-state index contributed by atoms with van der Waals surface area (Å²) in [5.41, 5.74) is 6.56. The monoisotopic (exact) mass is 315 g/mol. The van der Waals surface area contributed by atoms with Gasteiger partial charge in [0.15, 0.2) is 0 Å². The molecule has 0 saturated heterocycles. The van der Waals surface area contributed by atoms with E-state index in [0.29, 0.717) is 5.69 Å². The van der Waals surface area contributed by atoms with Crippen LogP contribution in [-0.4, -0.2) is 9.97 Å². The first-order chi connectivity index (χ1) is 7.66. The van der Waals surface area contributed by atoms with Gasteiger partial charge in [-0.05, 0) is 39.7 Å². The zero-order valence-electron chi connectivity index (χ0n) is 8.02. The third-order valence-corrected chi connectivity index (χ3v) is 3.93. The van der Waals surface area contributed by atoms with Gasteiger partial charge in [0.1, 0.15) is 5.03 Å². The van der Waals surface area contributed by atoms with Crippen LogP contribution < -0.4 is 5.73 Å². The molecule has 0 atom stereocenters. The van der Waals surface area contributed by atoms with Crippen molar-refractivity contribution in [2.75, 3.05) is 5.73 Å². The van der Waals surface area contributed by atoms with Gasteiger partial charge in [0, 0.05) is 16.8 Å². The van der Waals surface area contributed by atoms with Crippen LogP contribution in [0.2, 0.25) is 5.28 Å². The molecule has 0 bridgehead atoms. The molecule has 6 heteroatoms. The third kappa shape index (κ3) is 2.66. The fraction of sp³-hybridized carbons (Fsp3) is 0. The van der Waals surface area contributed by atoms with Gasteiger partial charge in [0.25, 0.3) is 0 Å². The topological polar surface area (TPSA) is 51.8 Å². The number of hydrogen-bond acceptors (Lipinski definition) is 4. The minimum Gasteiger partial charge on any atom is -0.398 e. The van der Waals surface area contributed by atoms with Gasteiger partial charge < -0.3 is 5.73 Å². The van der Waals surface area contributed by atoms with Crippen LogP contribution >= 0.6 is 39.3 Å². The van der Waals surface area contributed by atoms with E-state index in [9.17, 15) is 0 Å². The third-order valence-electron chi connectivity index (χ3n) is 1.81. The minimum atomic E-state index is 0.222. The average Bonchev–Trinajstić information content (AvgIpc) is 2.27. The summed E-state index contributed by atoms with van der Waals surface area (Å²) in [6.45, 7) is 0. The largest absolute Gasteiger partial charge is 0.398 e. The molecule has 0 unspecified atom stereocenters. The highest BCUT2D eigenvalue weighted by Gasteiger charge is 2.07. The van der Waals surface area contributed by atoms with E-state index in [1.54, 1.807) is 6.20 Å². The summed E-state index contributed by atoms with van der Waals surface area (Å²) in [5, 5.41) is 0.970. The first kappa shape index (κ1) is 11.7. The number of nitrogens with two attached hydrogens (primary N) is 1. The second-order valence-electron chi connectivity index (χ2n) is 2.93. The molecule has 2 rings (SSSR count). The first-order valence-electron chi connectivity index (χ1n) is 4.37. The van der Waals surface area contributed by atoms with Gasteiger partial charge >= 0.3 is 0 Å². The molecule has 0 amide bonds. The van der Waals surface area contributed by atoms with Crippen molar-refractivity contribution in [1.29, 1.82) is 0 Å². The number of nitrogen functional groups attached to an aromatic ring is 1. The van der Waals surface area contributed by atoms with Crippen LogP contribution in [0.25, 0.3) is 0 Å². The summed E-state index contributed by atoms with van der Waals surface area (Å²) in [6.07, 6.45) is 1.62. The number of halogens is 2. The Morgan fingerprint density at radius 1 is 1.31 bits per heavy atom. The molecular weight excluding hydrogens is 310 g/mol. The van der Waals surface area contributed by atoms with Crippen molar-refractivity contribution in [2.24, 2.45) is 0 Å². The summed E-state index contributed by atoms with van der Waals surface area (Å²) in [6, 6.07) is 7.60. The lowest BCUT2D eigenvalue weighted by Gasteiger charge is -2.05. The van der Waals surface area contributed by atoms with Gasteiger partial charge in [0.05, 0.1) is 4.47 Å². The summed E-state index contributed by atoms with van der Waals surface area (Å²) < 4.78 is 0.796. The van der Waals surface area contributed by atoms with Gasteiger partial charge in [-0.1, -0.05) is 23.9 Å². The average molecular weight is 317 g/mol. The van der Waals surface area contributed by atoms with E-state index in [0.717, 1.165) is 14.4 Å².